The van der Waals surface area contributed by atoms with Gasteiger partial charge in [0.15, 0.2) is 0 Å². The third kappa shape index (κ3) is 1.23. The van der Waals surface area contributed by atoms with Crippen LogP contribution in [0.15, 0.2) is 18.5 Å². The molecule has 6 heteroatoms. The Balaban J connectivity index is 2.93. The number of fused-ring (bicyclic) bond motifs is 1. The van der Waals surface area contributed by atoms with Gasteiger partial charge in [-0.25, -0.2) is 9.36 Å². The summed E-state index contributed by atoms with van der Waals surface area (Å²) in [6.07, 6.45) is 0.845. The van der Waals surface area contributed by atoms with Crippen LogP contribution in [0.2, 0.25) is 0 Å². The second-order valence-electron chi connectivity index (χ2n) is 2.84. The van der Waals surface area contributed by atoms with Crippen molar-refractivity contribution in [3.8, 4) is 0 Å². The van der Waals surface area contributed by atoms with Crippen molar-refractivity contribution in [1.29, 1.82) is 0 Å². The minimum Gasteiger partial charge on any atom is -0.267 e. The highest BCUT2D eigenvalue weighted by Gasteiger charge is 2.18. The molecule has 0 N–H and O–H groups in total. The van der Waals surface area contributed by atoms with E-state index in [2.05, 4.69) is 31.9 Å². The van der Waals surface area contributed by atoms with Crippen LogP contribution in [0.3, 0.4) is 0 Å². The van der Waals surface area contributed by atoms with Crippen LogP contribution >= 0.6 is 31.9 Å². The molecule has 2 heterocycles. The first-order valence-corrected chi connectivity index (χ1v) is 5.40. The highest BCUT2D eigenvalue weighted by Crippen LogP contribution is 2.15. The van der Waals surface area contributed by atoms with Crippen LogP contribution in [-0.4, -0.2) is 9.36 Å². The lowest BCUT2D eigenvalue weighted by Crippen LogP contribution is -2.35. The average Bonchev–Trinajstić information content (AvgIpc) is 2.59. The maximum Gasteiger partial charge on any atom is 0.280 e. The molecule has 1 aliphatic rings. The Morgan fingerprint density at radius 1 is 0.923 bits per heavy atom. The van der Waals surface area contributed by atoms with Gasteiger partial charge in [0.25, 0.3) is 11.1 Å². The Morgan fingerprint density at radius 3 is 1.69 bits per heavy atom. The van der Waals surface area contributed by atoms with Crippen LogP contribution in [-0.2, 0) is 13.1 Å². The molecule has 1 aromatic rings. The first-order chi connectivity index (χ1) is 6.13. The SMILES string of the molecule is O=c1c(Br)c(Br)c(=O)n2n1CCC2. The Bertz CT molecular complexity index is 432. The van der Waals surface area contributed by atoms with Crippen molar-refractivity contribution in [1.82, 2.24) is 9.36 Å². The molecule has 13 heavy (non-hydrogen) atoms. The fourth-order valence-corrected chi connectivity index (χ4v) is 2.20. The highest BCUT2D eigenvalue weighted by atomic mass is 79.9. The molecule has 0 atom stereocenters. The molecular formula is C7H6Br2N2O2. The fraction of sp³-hybridized carbons (Fsp3) is 0.429. The summed E-state index contributed by atoms with van der Waals surface area (Å²) in [7, 11) is 0. The van der Waals surface area contributed by atoms with Gasteiger partial charge in [0.1, 0.15) is 8.95 Å². The molecule has 70 valence electrons. The summed E-state index contributed by atoms with van der Waals surface area (Å²) in [5, 5.41) is 0. The molecule has 0 radical (unpaired) electrons. The number of nitrogens with zero attached hydrogens (tertiary/aromatic N) is 2. The lowest BCUT2D eigenvalue weighted by atomic mass is 10.5. The highest BCUT2D eigenvalue weighted by molar-refractivity contribution is 9.13. The summed E-state index contributed by atoms with van der Waals surface area (Å²) in [5.74, 6) is 0. The van der Waals surface area contributed by atoms with Gasteiger partial charge in [-0.3, -0.25) is 9.59 Å². The standard InChI is InChI=1S/C7H6Br2N2O2/c8-4-5(9)7(13)11-3-1-2-10(11)6(4)12/h1-3H2. The van der Waals surface area contributed by atoms with E-state index < -0.39 is 0 Å². The third-order valence-electron chi connectivity index (χ3n) is 2.07. The van der Waals surface area contributed by atoms with Crippen LogP contribution in [0.25, 0.3) is 0 Å². The summed E-state index contributed by atoms with van der Waals surface area (Å²) >= 11 is 6.18. The minimum atomic E-state index is -0.149. The maximum absolute atomic E-state index is 11.6. The first-order valence-electron chi connectivity index (χ1n) is 3.82. The molecule has 0 fully saturated rings. The average molecular weight is 310 g/mol. The van der Waals surface area contributed by atoms with E-state index in [9.17, 15) is 9.59 Å². The van der Waals surface area contributed by atoms with E-state index in [0.29, 0.717) is 22.0 Å². The van der Waals surface area contributed by atoms with Gasteiger partial charge in [-0.05, 0) is 38.3 Å². The van der Waals surface area contributed by atoms with E-state index in [1.165, 1.54) is 9.36 Å². The Labute approximate surface area is 90.4 Å². The van der Waals surface area contributed by atoms with Crippen LogP contribution < -0.4 is 11.1 Å². The molecule has 2 rings (SSSR count). The van der Waals surface area contributed by atoms with Gasteiger partial charge in [-0.2, -0.15) is 0 Å². The first kappa shape index (κ1) is 9.21. The summed E-state index contributed by atoms with van der Waals surface area (Å²) in [6, 6.07) is 0. The van der Waals surface area contributed by atoms with Crippen LogP contribution in [0.4, 0.5) is 0 Å². The van der Waals surface area contributed by atoms with Gasteiger partial charge in [0.2, 0.25) is 0 Å². The van der Waals surface area contributed by atoms with Crippen molar-refractivity contribution in [3.63, 3.8) is 0 Å². The molecule has 1 aromatic heterocycles. The Morgan fingerprint density at radius 2 is 1.31 bits per heavy atom. The van der Waals surface area contributed by atoms with Crippen molar-refractivity contribution in [2.24, 2.45) is 0 Å². The number of aromatic nitrogens is 2. The zero-order valence-electron chi connectivity index (χ0n) is 6.59. The zero-order chi connectivity index (χ0) is 9.59. The normalized spacial score (nSPS) is 14.6. The van der Waals surface area contributed by atoms with Crippen molar-refractivity contribution >= 4 is 31.9 Å². The van der Waals surface area contributed by atoms with Crippen LogP contribution in [0.5, 0.6) is 0 Å². The summed E-state index contributed by atoms with van der Waals surface area (Å²) in [4.78, 5) is 23.1. The molecule has 0 spiro atoms. The van der Waals surface area contributed by atoms with Crippen LogP contribution in [0, 0.1) is 0 Å². The predicted octanol–water partition coefficient (Wildman–Crippen LogP) is 0.939. The van der Waals surface area contributed by atoms with E-state index in [4.69, 9.17) is 0 Å². The smallest absolute Gasteiger partial charge is 0.267 e. The van der Waals surface area contributed by atoms with Gasteiger partial charge in [0.05, 0.1) is 0 Å². The summed E-state index contributed by atoms with van der Waals surface area (Å²) in [6.45, 7) is 1.25. The van der Waals surface area contributed by atoms with E-state index in [-0.39, 0.29) is 11.1 Å². The third-order valence-corrected chi connectivity index (χ3v) is 4.07. The maximum atomic E-state index is 11.6. The number of hydrogen-bond donors (Lipinski definition) is 0. The molecule has 1 aliphatic heterocycles. The van der Waals surface area contributed by atoms with Gasteiger partial charge >= 0.3 is 0 Å². The van der Waals surface area contributed by atoms with E-state index in [1.807, 2.05) is 0 Å². The monoisotopic (exact) mass is 308 g/mol. The summed E-state index contributed by atoms with van der Waals surface area (Å²) in [5.41, 5.74) is -0.298. The van der Waals surface area contributed by atoms with Gasteiger partial charge < -0.3 is 0 Å². The van der Waals surface area contributed by atoms with Crippen molar-refractivity contribution in [2.75, 3.05) is 0 Å². The molecule has 4 nitrogen and oxygen atoms in total. The van der Waals surface area contributed by atoms with E-state index in [1.54, 1.807) is 0 Å². The molecule has 0 amide bonds. The zero-order valence-corrected chi connectivity index (χ0v) is 9.76. The van der Waals surface area contributed by atoms with Gasteiger partial charge in [0, 0.05) is 13.1 Å². The molecular weight excluding hydrogens is 304 g/mol. The molecule has 0 aromatic carbocycles. The number of halogens is 2. The summed E-state index contributed by atoms with van der Waals surface area (Å²) < 4.78 is 3.57. The molecule has 0 saturated carbocycles. The van der Waals surface area contributed by atoms with Crippen molar-refractivity contribution in [3.05, 3.63) is 29.7 Å². The minimum absolute atomic E-state index is 0.149. The second kappa shape index (κ2) is 3.09. The Kier molecular flexibility index (Phi) is 2.19. The van der Waals surface area contributed by atoms with Crippen LogP contribution in [0.1, 0.15) is 6.42 Å². The number of hydrogen-bond acceptors (Lipinski definition) is 2. The van der Waals surface area contributed by atoms with E-state index in [0.717, 1.165) is 6.42 Å². The molecule has 0 bridgehead atoms. The van der Waals surface area contributed by atoms with E-state index >= 15 is 0 Å². The number of rotatable bonds is 0. The quantitative estimate of drug-likeness (QED) is 0.716. The van der Waals surface area contributed by atoms with Gasteiger partial charge in [-0.15, -0.1) is 0 Å². The Hall–Kier alpha value is -0.360. The van der Waals surface area contributed by atoms with Crippen molar-refractivity contribution < 1.29 is 0 Å². The second-order valence-corrected chi connectivity index (χ2v) is 4.42. The van der Waals surface area contributed by atoms with Crippen molar-refractivity contribution in [2.45, 2.75) is 19.5 Å². The molecule has 0 aliphatic carbocycles. The predicted molar refractivity (Wildman–Crippen MR) is 55.0 cm³/mol. The largest absolute Gasteiger partial charge is 0.280 e. The molecule has 0 saturated heterocycles. The molecule has 0 unspecified atom stereocenters. The lowest BCUT2D eigenvalue weighted by molar-refractivity contribution is 0.542. The fourth-order valence-electron chi connectivity index (χ4n) is 1.45. The van der Waals surface area contributed by atoms with Gasteiger partial charge in [-0.1, -0.05) is 0 Å². The topological polar surface area (TPSA) is 44.0 Å². The lowest BCUT2D eigenvalue weighted by Gasteiger charge is -2.06.